The Morgan fingerprint density at radius 1 is 1.20 bits per heavy atom. The summed E-state index contributed by atoms with van der Waals surface area (Å²) in [6.07, 6.45) is 0. The molecule has 0 aliphatic heterocycles. The number of halogens is 2. The van der Waals surface area contributed by atoms with Crippen molar-refractivity contribution in [3.05, 3.63) is 64.7 Å². The highest BCUT2D eigenvalue weighted by Crippen LogP contribution is 2.21. The molecular formula is C15H12F2O3. The predicted octanol–water partition coefficient (Wildman–Crippen LogP) is 3.55. The molecule has 0 aliphatic rings. The average Bonchev–Trinajstić information content (AvgIpc) is 2.40. The molecule has 0 radical (unpaired) electrons. The van der Waals surface area contributed by atoms with E-state index in [1.807, 2.05) is 0 Å². The lowest BCUT2D eigenvalue weighted by molar-refractivity contribution is 0.0696. The van der Waals surface area contributed by atoms with Gasteiger partial charge in [0.2, 0.25) is 0 Å². The van der Waals surface area contributed by atoms with Gasteiger partial charge in [-0.05, 0) is 48.4 Å². The fraction of sp³-hybridized carbons (Fsp3) is 0.133. The van der Waals surface area contributed by atoms with Gasteiger partial charge in [0.15, 0.2) is 11.6 Å². The molecule has 1 N–H and O–H groups in total. The van der Waals surface area contributed by atoms with E-state index < -0.39 is 17.6 Å². The van der Waals surface area contributed by atoms with Crippen molar-refractivity contribution in [3.8, 4) is 5.75 Å². The van der Waals surface area contributed by atoms with Gasteiger partial charge in [-0.2, -0.15) is 0 Å². The Kier molecular flexibility index (Phi) is 3.98. The van der Waals surface area contributed by atoms with Gasteiger partial charge in [0.1, 0.15) is 12.4 Å². The number of ether oxygens (including phenoxy) is 1. The number of rotatable bonds is 4. The Hall–Kier alpha value is -2.43. The highest BCUT2D eigenvalue weighted by Gasteiger charge is 2.10. The molecular weight excluding hydrogens is 266 g/mol. The first-order valence-corrected chi connectivity index (χ1v) is 5.88. The van der Waals surface area contributed by atoms with Crippen LogP contribution < -0.4 is 4.74 Å². The van der Waals surface area contributed by atoms with E-state index in [2.05, 4.69) is 0 Å². The van der Waals surface area contributed by atoms with Crippen LogP contribution in [0.25, 0.3) is 0 Å². The van der Waals surface area contributed by atoms with Crippen LogP contribution in [0.4, 0.5) is 8.78 Å². The summed E-state index contributed by atoms with van der Waals surface area (Å²) in [6.45, 7) is 1.80. The lowest BCUT2D eigenvalue weighted by Crippen LogP contribution is -2.02. The second kappa shape index (κ2) is 5.69. The van der Waals surface area contributed by atoms with Crippen LogP contribution in [0.2, 0.25) is 0 Å². The van der Waals surface area contributed by atoms with E-state index in [9.17, 15) is 13.6 Å². The molecule has 0 unspecified atom stereocenters. The monoisotopic (exact) mass is 278 g/mol. The van der Waals surface area contributed by atoms with Gasteiger partial charge in [0.25, 0.3) is 0 Å². The van der Waals surface area contributed by atoms with Crippen molar-refractivity contribution in [2.75, 3.05) is 0 Å². The maximum atomic E-state index is 13.6. The molecule has 3 nitrogen and oxygen atoms in total. The predicted molar refractivity (Wildman–Crippen MR) is 68.8 cm³/mol. The number of carboxylic acid groups (broad SMARTS) is 1. The number of hydrogen-bond acceptors (Lipinski definition) is 2. The number of carbonyl (C=O) groups is 1. The van der Waals surface area contributed by atoms with Gasteiger partial charge in [-0.25, -0.2) is 13.6 Å². The van der Waals surface area contributed by atoms with Gasteiger partial charge in [0, 0.05) is 0 Å². The molecule has 0 amide bonds. The zero-order valence-electron chi connectivity index (χ0n) is 10.7. The van der Waals surface area contributed by atoms with Crippen molar-refractivity contribution in [3.63, 3.8) is 0 Å². The van der Waals surface area contributed by atoms with E-state index >= 15 is 0 Å². The highest BCUT2D eigenvalue weighted by atomic mass is 19.1. The molecule has 0 aliphatic carbocycles. The van der Waals surface area contributed by atoms with Crippen LogP contribution >= 0.6 is 0 Å². The van der Waals surface area contributed by atoms with Crippen LogP contribution in [0.15, 0.2) is 36.4 Å². The molecule has 5 heteroatoms. The molecule has 20 heavy (non-hydrogen) atoms. The minimum atomic E-state index is -1.21. The van der Waals surface area contributed by atoms with Gasteiger partial charge in [0.05, 0.1) is 5.56 Å². The summed E-state index contributed by atoms with van der Waals surface area (Å²) in [5.74, 6) is -2.44. The third kappa shape index (κ3) is 3.12. The van der Waals surface area contributed by atoms with Gasteiger partial charge in [-0.1, -0.05) is 6.07 Å². The van der Waals surface area contributed by atoms with Crippen molar-refractivity contribution in [2.45, 2.75) is 13.5 Å². The average molecular weight is 278 g/mol. The zero-order chi connectivity index (χ0) is 14.7. The third-order valence-corrected chi connectivity index (χ3v) is 2.87. The normalized spacial score (nSPS) is 10.3. The van der Waals surface area contributed by atoms with Crippen LogP contribution in [-0.4, -0.2) is 11.1 Å². The summed E-state index contributed by atoms with van der Waals surface area (Å²) >= 11 is 0. The third-order valence-electron chi connectivity index (χ3n) is 2.87. The zero-order valence-corrected chi connectivity index (χ0v) is 10.7. The molecule has 2 rings (SSSR count). The van der Waals surface area contributed by atoms with Crippen LogP contribution in [-0.2, 0) is 6.61 Å². The molecule has 2 aromatic rings. The molecule has 0 fully saturated rings. The second-order valence-electron chi connectivity index (χ2n) is 4.31. The van der Waals surface area contributed by atoms with Gasteiger partial charge < -0.3 is 9.84 Å². The minimum absolute atomic E-state index is 0.00688. The first-order valence-electron chi connectivity index (χ1n) is 5.88. The number of benzene rings is 2. The lowest BCUT2D eigenvalue weighted by Gasteiger charge is -2.10. The van der Waals surface area contributed by atoms with Crippen LogP contribution in [0.5, 0.6) is 5.75 Å². The standard InChI is InChI=1S/C15H12F2O3/c1-9-2-4-12(16)6-11(9)8-20-14-5-3-10(15(18)19)7-13(14)17/h2-7H,8H2,1H3,(H,18,19). The maximum Gasteiger partial charge on any atom is 0.335 e. The van der Waals surface area contributed by atoms with Crippen molar-refractivity contribution in [1.29, 1.82) is 0 Å². The molecule has 0 spiro atoms. The van der Waals surface area contributed by atoms with Crippen LogP contribution in [0.1, 0.15) is 21.5 Å². The SMILES string of the molecule is Cc1ccc(F)cc1COc1ccc(C(=O)O)cc1F. The van der Waals surface area contributed by atoms with Crippen molar-refractivity contribution in [2.24, 2.45) is 0 Å². The van der Waals surface area contributed by atoms with E-state index in [-0.39, 0.29) is 17.9 Å². The largest absolute Gasteiger partial charge is 0.486 e. The topological polar surface area (TPSA) is 46.5 Å². The number of carboxylic acids is 1. The first kappa shape index (κ1) is 14.0. The molecule has 2 aromatic carbocycles. The van der Waals surface area contributed by atoms with Crippen molar-refractivity contribution < 1.29 is 23.4 Å². The molecule has 0 bridgehead atoms. The Morgan fingerprint density at radius 2 is 1.95 bits per heavy atom. The molecule has 0 aromatic heterocycles. The van der Waals surface area contributed by atoms with Gasteiger partial charge in [-0.3, -0.25) is 0 Å². The van der Waals surface area contributed by atoms with Crippen LogP contribution in [0, 0.1) is 18.6 Å². The van der Waals surface area contributed by atoms with E-state index in [0.29, 0.717) is 5.56 Å². The van der Waals surface area contributed by atoms with E-state index in [4.69, 9.17) is 9.84 Å². The minimum Gasteiger partial charge on any atom is -0.486 e. The maximum absolute atomic E-state index is 13.6. The molecule has 0 saturated heterocycles. The summed E-state index contributed by atoms with van der Waals surface area (Å²) in [4.78, 5) is 10.7. The lowest BCUT2D eigenvalue weighted by atomic mass is 10.1. The van der Waals surface area contributed by atoms with Crippen molar-refractivity contribution >= 4 is 5.97 Å². The Labute approximate surface area is 114 Å². The van der Waals surface area contributed by atoms with E-state index in [0.717, 1.165) is 11.6 Å². The molecule has 0 heterocycles. The van der Waals surface area contributed by atoms with Crippen LogP contribution in [0.3, 0.4) is 0 Å². The van der Waals surface area contributed by atoms with Crippen molar-refractivity contribution in [1.82, 2.24) is 0 Å². The van der Waals surface area contributed by atoms with E-state index in [1.165, 1.54) is 24.3 Å². The first-order chi connectivity index (χ1) is 9.47. The summed E-state index contributed by atoms with van der Waals surface area (Å²) in [6, 6.07) is 7.64. The summed E-state index contributed by atoms with van der Waals surface area (Å²) in [5.41, 5.74) is 1.28. The van der Waals surface area contributed by atoms with E-state index in [1.54, 1.807) is 13.0 Å². The van der Waals surface area contributed by atoms with Gasteiger partial charge >= 0.3 is 5.97 Å². The fourth-order valence-electron chi connectivity index (χ4n) is 1.70. The summed E-state index contributed by atoms with van der Waals surface area (Å²) in [5, 5.41) is 8.73. The number of aryl methyl sites for hydroxylation is 1. The smallest absolute Gasteiger partial charge is 0.335 e. The summed E-state index contributed by atoms with van der Waals surface area (Å²) in [7, 11) is 0. The summed E-state index contributed by atoms with van der Waals surface area (Å²) < 4.78 is 32.0. The molecule has 0 saturated carbocycles. The quantitative estimate of drug-likeness (QED) is 0.930. The Balaban J connectivity index is 2.15. The fourth-order valence-corrected chi connectivity index (χ4v) is 1.70. The van der Waals surface area contributed by atoms with Gasteiger partial charge in [-0.15, -0.1) is 0 Å². The highest BCUT2D eigenvalue weighted by molar-refractivity contribution is 5.87. The Bertz CT molecular complexity index is 654. The number of aromatic carboxylic acids is 1. The number of hydrogen-bond donors (Lipinski definition) is 1. The second-order valence-corrected chi connectivity index (χ2v) is 4.31. The molecule has 0 atom stereocenters. The Morgan fingerprint density at radius 3 is 2.60 bits per heavy atom. The molecule has 104 valence electrons.